The highest BCUT2D eigenvalue weighted by atomic mass is 16.5. The largest absolute Gasteiger partial charge is 0.462 e. The third-order valence-electron chi connectivity index (χ3n) is 12.6. The molecule has 0 saturated heterocycles. The van der Waals surface area contributed by atoms with Gasteiger partial charge in [-0.05, 0) is 111 Å². The van der Waals surface area contributed by atoms with Gasteiger partial charge < -0.3 is 18.9 Å². The summed E-state index contributed by atoms with van der Waals surface area (Å²) in [5.74, 6) is 5.13. The average Bonchev–Trinajstić information content (AvgIpc) is 3.35. The molecule has 0 aromatic rings. The second kappa shape index (κ2) is 17.3. The minimum Gasteiger partial charge on any atom is -0.462 e. The van der Waals surface area contributed by atoms with Crippen LogP contribution in [-0.4, -0.2) is 51.7 Å². The van der Waals surface area contributed by atoms with Crippen molar-refractivity contribution in [2.75, 3.05) is 39.6 Å². The molecule has 0 spiro atoms. The van der Waals surface area contributed by atoms with Gasteiger partial charge in [0.2, 0.25) is 0 Å². The van der Waals surface area contributed by atoms with Crippen LogP contribution in [0.15, 0.2) is 11.6 Å². The number of ether oxygens (including phenoxy) is 4. The lowest BCUT2D eigenvalue weighted by atomic mass is 9.47. The minimum atomic E-state index is -0.0313. The van der Waals surface area contributed by atoms with Gasteiger partial charge in [-0.3, -0.25) is 4.79 Å². The molecular weight excluding hydrogens is 548 g/mol. The Morgan fingerprint density at radius 1 is 0.841 bits per heavy atom. The fourth-order valence-corrected chi connectivity index (χ4v) is 10.2. The fraction of sp³-hybridized carbons (Fsp3) is 0.923. The van der Waals surface area contributed by atoms with E-state index in [0.29, 0.717) is 50.3 Å². The van der Waals surface area contributed by atoms with Crippen molar-refractivity contribution in [3.05, 3.63) is 11.6 Å². The van der Waals surface area contributed by atoms with Crippen molar-refractivity contribution in [2.45, 2.75) is 144 Å². The van der Waals surface area contributed by atoms with Gasteiger partial charge in [0, 0.05) is 26.1 Å². The highest BCUT2D eigenvalue weighted by Crippen LogP contribution is 2.67. The molecule has 254 valence electrons. The first kappa shape index (κ1) is 35.9. The molecule has 44 heavy (non-hydrogen) atoms. The van der Waals surface area contributed by atoms with Crippen molar-refractivity contribution in [2.24, 2.45) is 46.3 Å². The lowest BCUT2D eigenvalue weighted by molar-refractivity contribution is -0.151. The Bertz CT molecular complexity index is 899. The monoisotopic (exact) mass is 617 g/mol. The zero-order valence-electron chi connectivity index (χ0n) is 29.5. The Labute approximate surface area is 271 Å². The van der Waals surface area contributed by atoms with E-state index in [1.165, 1.54) is 57.8 Å². The third kappa shape index (κ3) is 9.12. The van der Waals surface area contributed by atoms with E-state index in [1.807, 2.05) is 0 Å². The van der Waals surface area contributed by atoms with Crippen LogP contribution in [0.4, 0.5) is 0 Å². The molecule has 5 nitrogen and oxygen atoms in total. The van der Waals surface area contributed by atoms with Gasteiger partial charge in [-0.25, -0.2) is 0 Å². The summed E-state index contributed by atoms with van der Waals surface area (Å²) >= 11 is 0. The SMILES string of the molecule is CCCOCCOCCOCCCCC(=O)O[C@H]1CC[C@@]2(C)C(=CCC3C4CCC([C@H](C)CCCC(C)C)[C@@]4(C)CCC32)C1. The summed E-state index contributed by atoms with van der Waals surface area (Å²) in [6, 6.07) is 0. The van der Waals surface area contributed by atoms with Crippen molar-refractivity contribution in [1.82, 2.24) is 0 Å². The quantitative estimate of drug-likeness (QED) is 0.0822. The zero-order valence-corrected chi connectivity index (χ0v) is 29.5. The smallest absolute Gasteiger partial charge is 0.306 e. The summed E-state index contributed by atoms with van der Waals surface area (Å²) in [6.45, 7) is 18.6. The summed E-state index contributed by atoms with van der Waals surface area (Å²) in [5, 5.41) is 0. The molecule has 0 amide bonds. The molecule has 4 aliphatic carbocycles. The molecule has 3 fully saturated rings. The molecule has 4 aliphatic rings. The molecule has 5 heteroatoms. The van der Waals surface area contributed by atoms with Gasteiger partial charge in [-0.1, -0.05) is 72.5 Å². The standard InChI is InChI=1S/C39H68O5/c1-7-22-41-24-26-43-27-25-42-23-9-8-13-37(40)44-32-18-20-38(5)31(28-32)14-15-33-35-17-16-34(30(4)12-10-11-29(2)3)39(35,6)21-19-36(33)38/h14,29-30,32-36H,7-13,15-28H2,1-6H3/t30-,32+,33?,34?,35?,36?,38+,39-/m1/s1. The Morgan fingerprint density at radius 3 is 2.30 bits per heavy atom. The van der Waals surface area contributed by atoms with E-state index >= 15 is 0 Å². The van der Waals surface area contributed by atoms with E-state index in [9.17, 15) is 4.79 Å². The number of esters is 1. The summed E-state index contributed by atoms with van der Waals surface area (Å²) in [6.07, 6.45) is 20.2. The van der Waals surface area contributed by atoms with Crippen LogP contribution in [0.3, 0.4) is 0 Å². The Balaban J connectivity index is 1.17. The minimum absolute atomic E-state index is 0.0313. The highest BCUT2D eigenvalue weighted by Gasteiger charge is 2.59. The first-order valence-corrected chi connectivity index (χ1v) is 18.8. The summed E-state index contributed by atoms with van der Waals surface area (Å²) < 4.78 is 22.6. The van der Waals surface area contributed by atoms with Crippen LogP contribution in [0.5, 0.6) is 0 Å². The molecule has 0 bridgehead atoms. The van der Waals surface area contributed by atoms with Crippen LogP contribution in [0, 0.1) is 46.3 Å². The molecule has 0 aromatic heterocycles. The normalized spacial score (nSPS) is 33.8. The number of fused-ring (bicyclic) bond motifs is 5. The van der Waals surface area contributed by atoms with Gasteiger partial charge in [-0.2, -0.15) is 0 Å². The van der Waals surface area contributed by atoms with Crippen LogP contribution < -0.4 is 0 Å². The number of carbonyl (C=O) groups excluding carboxylic acids is 1. The van der Waals surface area contributed by atoms with Crippen LogP contribution in [0.25, 0.3) is 0 Å². The summed E-state index contributed by atoms with van der Waals surface area (Å²) in [4.78, 5) is 12.7. The summed E-state index contributed by atoms with van der Waals surface area (Å²) in [7, 11) is 0. The molecular formula is C39H68O5. The van der Waals surface area contributed by atoms with Crippen molar-refractivity contribution in [3.8, 4) is 0 Å². The number of unbranched alkanes of at least 4 members (excludes halogenated alkanes) is 1. The second-order valence-electron chi connectivity index (χ2n) is 15.9. The first-order chi connectivity index (χ1) is 21.2. The number of allylic oxidation sites excluding steroid dienone is 1. The molecule has 0 heterocycles. The lowest BCUT2D eigenvalue weighted by Gasteiger charge is -2.58. The number of carbonyl (C=O) groups is 1. The molecule has 4 unspecified atom stereocenters. The topological polar surface area (TPSA) is 54.0 Å². The summed E-state index contributed by atoms with van der Waals surface area (Å²) in [5.41, 5.74) is 2.45. The molecule has 0 N–H and O–H groups in total. The maximum atomic E-state index is 12.7. The zero-order chi connectivity index (χ0) is 31.6. The van der Waals surface area contributed by atoms with Crippen LogP contribution in [-0.2, 0) is 23.7 Å². The second-order valence-corrected chi connectivity index (χ2v) is 15.9. The van der Waals surface area contributed by atoms with Crippen molar-refractivity contribution in [1.29, 1.82) is 0 Å². The maximum Gasteiger partial charge on any atom is 0.306 e. The Hall–Kier alpha value is -0.910. The molecule has 0 aliphatic heterocycles. The van der Waals surface area contributed by atoms with Gasteiger partial charge in [0.1, 0.15) is 6.10 Å². The van der Waals surface area contributed by atoms with E-state index in [1.54, 1.807) is 5.57 Å². The lowest BCUT2D eigenvalue weighted by Crippen LogP contribution is -2.51. The predicted molar refractivity (Wildman–Crippen MR) is 180 cm³/mol. The number of hydrogen-bond acceptors (Lipinski definition) is 5. The van der Waals surface area contributed by atoms with Crippen molar-refractivity contribution in [3.63, 3.8) is 0 Å². The van der Waals surface area contributed by atoms with E-state index in [-0.39, 0.29) is 12.1 Å². The molecule has 3 saturated carbocycles. The highest BCUT2D eigenvalue weighted by molar-refractivity contribution is 5.69. The third-order valence-corrected chi connectivity index (χ3v) is 12.6. The molecule has 8 atom stereocenters. The van der Waals surface area contributed by atoms with Gasteiger partial charge in [0.05, 0.1) is 26.4 Å². The van der Waals surface area contributed by atoms with Crippen LogP contribution in [0.1, 0.15) is 138 Å². The van der Waals surface area contributed by atoms with Crippen molar-refractivity contribution >= 4 is 5.97 Å². The van der Waals surface area contributed by atoms with Gasteiger partial charge in [0.25, 0.3) is 0 Å². The van der Waals surface area contributed by atoms with E-state index in [2.05, 4.69) is 47.6 Å². The first-order valence-electron chi connectivity index (χ1n) is 18.8. The van der Waals surface area contributed by atoms with Crippen LogP contribution >= 0.6 is 0 Å². The average molecular weight is 617 g/mol. The molecule has 0 aromatic carbocycles. The van der Waals surface area contributed by atoms with Crippen molar-refractivity contribution < 1.29 is 23.7 Å². The maximum absolute atomic E-state index is 12.7. The van der Waals surface area contributed by atoms with E-state index < -0.39 is 0 Å². The van der Waals surface area contributed by atoms with Gasteiger partial charge in [0.15, 0.2) is 0 Å². The fourth-order valence-electron chi connectivity index (χ4n) is 10.2. The predicted octanol–water partition coefficient (Wildman–Crippen LogP) is 9.57. The van der Waals surface area contributed by atoms with Gasteiger partial charge in [-0.15, -0.1) is 0 Å². The number of hydrogen-bond donors (Lipinski definition) is 0. The van der Waals surface area contributed by atoms with Gasteiger partial charge >= 0.3 is 5.97 Å². The van der Waals surface area contributed by atoms with E-state index in [0.717, 1.165) is 74.2 Å². The van der Waals surface area contributed by atoms with Crippen LogP contribution in [0.2, 0.25) is 0 Å². The molecule has 4 rings (SSSR count). The van der Waals surface area contributed by atoms with E-state index in [4.69, 9.17) is 18.9 Å². The molecule has 0 radical (unpaired) electrons. The Morgan fingerprint density at radius 2 is 1.57 bits per heavy atom. The number of rotatable bonds is 19. The Kier molecular flexibility index (Phi) is 14.1.